The number of hydrogen-bond acceptors (Lipinski definition) is 5. The van der Waals surface area contributed by atoms with Gasteiger partial charge in [-0.05, 0) is 61.4 Å². The number of anilines is 1. The van der Waals surface area contributed by atoms with Crippen molar-refractivity contribution in [2.75, 3.05) is 25.1 Å². The fourth-order valence-corrected chi connectivity index (χ4v) is 6.77. The van der Waals surface area contributed by atoms with Crippen molar-refractivity contribution in [3.63, 3.8) is 0 Å². The topological polar surface area (TPSA) is 82.7 Å². The van der Waals surface area contributed by atoms with Crippen LogP contribution in [0.15, 0.2) is 46.1 Å². The number of nitrogens with zero attached hydrogens (tertiary/aromatic N) is 2. The fraction of sp³-hybridized carbons (Fsp3) is 0.423. The Morgan fingerprint density at radius 1 is 1.12 bits per heavy atom. The molecule has 0 radical (unpaired) electrons. The van der Waals surface area contributed by atoms with Gasteiger partial charge in [-0.3, -0.25) is 4.79 Å². The molecular formula is C26H31N3O4S. The Kier molecular flexibility index (Phi) is 5.90. The van der Waals surface area contributed by atoms with Crippen molar-refractivity contribution in [1.29, 1.82) is 0 Å². The van der Waals surface area contributed by atoms with Gasteiger partial charge in [-0.2, -0.15) is 4.31 Å². The minimum Gasteiger partial charge on any atom is -0.490 e. The SMILES string of the molecule is Cc1ccc2cc(CN(C3CCCC3)S(=O)(=O)c3ccc4c(c3)OCCN4C)c(=O)[nH]c2c1C. The summed E-state index contributed by atoms with van der Waals surface area (Å²) in [5, 5.41) is 0.909. The number of H-pyrrole nitrogens is 1. The van der Waals surface area contributed by atoms with Crippen LogP contribution in [0, 0.1) is 13.8 Å². The molecule has 1 N–H and O–H groups in total. The molecule has 8 heteroatoms. The van der Waals surface area contributed by atoms with Gasteiger partial charge < -0.3 is 14.6 Å². The van der Waals surface area contributed by atoms with E-state index in [4.69, 9.17) is 4.74 Å². The van der Waals surface area contributed by atoms with E-state index < -0.39 is 10.0 Å². The lowest BCUT2D eigenvalue weighted by Crippen LogP contribution is -2.39. The van der Waals surface area contributed by atoms with E-state index >= 15 is 0 Å². The molecule has 0 bridgehead atoms. The van der Waals surface area contributed by atoms with E-state index in [2.05, 4.69) is 9.88 Å². The van der Waals surface area contributed by atoms with Gasteiger partial charge in [-0.1, -0.05) is 25.0 Å². The fourth-order valence-electron chi connectivity index (χ4n) is 5.09. The lowest BCUT2D eigenvalue weighted by Gasteiger charge is -2.30. The highest BCUT2D eigenvalue weighted by atomic mass is 32.2. The summed E-state index contributed by atoms with van der Waals surface area (Å²) < 4.78 is 35.1. The number of rotatable bonds is 5. The van der Waals surface area contributed by atoms with Gasteiger partial charge in [0.2, 0.25) is 10.0 Å². The Morgan fingerprint density at radius 3 is 2.65 bits per heavy atom. The molecule has 0 spiro atoms. The molecule has 0 atom stereocenters. The second-order valence-electron chi connectivity index (χ2n) is 9.48. The summed E-state index contributed by atoms with van der Waals surface area (Å²) >= 11 is 0. The van der Waals surface area contributed by atoms with E-state index in [1.54, 1.807) is 12.1 Å². The van der Waals surface area contributed by atoms with Crippen LogP contribution in [0.25, 0.3) is 10.9 Å². The Morgan fingerprint density at radius 2 is 1.88 bits per heavy atom. The maximum Gasteiger partial charge on any atom is 0.252 e. The van der Waals surface area contributed by atoms with Gasteiger partial charge in [0.25, 0.3) is 5.56 Å². The van der Waals surface area contributed by atoms with Gasteiger partial charge in [-0.25, -0.2) is 8.42 Å². The van der Waals surface area contributed by atoms with Crippen molar-refractivity contribution >= 4 is 26.6 Å². The number of nitrogens with one attached hydrogen (secondary N) is 1. The minimum absolute atomic E-state index is 0.0447. The molecule has 7 nitrogen and oxygen atoms in total. The second kappa shape index (κ2) is 8.74. The zero-order chi connectivity index (χ0) is 24.0. The molecule has 1 saturated carbocycles. The number of ether oxygens (including phenoxy) is 1. The van der Waals surface area contributed by atoms with Crippen molar-refractivity contribution in [1.82, 2.24) is 9.29 Å². The Balaban J connectivity index is 1.56. The first-order valence-electron chi connectivity index (χ1n) is 11.9. The van der Waals surface area contributed by atoms with Crippen LogP contribution in [0.2, 0.25) is 0 Å². The van der Waals surface area contributed by atoms with Crippen LogP contribution in [0.4, 0.5) is 5.69 Å². The van der Waals surface area contributed by atoms with E-state index in [1.165, 1.54) is 4.31 Å². The number of aromatic nitrogens is 1. The Labute approximate surface area is 200 Å². The van der Waals surface area contributed by atoms with Crippen molar-refractivity contribution < 1.29 is 13.2 Å². The van der Waals surface area contributed by atoms with Crippen LogP contribution in [0.3, 0.4) is 0 Å². The average molecular weight is 482 g/mol. The lowest BCUT2D eigenvalue weighted by molar-refractivity contribution is 0.307. The average Bonchev–Trinajstić information content (AvgIpc) is 3.35. The molecule has 1 aromatic heterocycles. The highest BCUT2D eigenvalue weighted by molar-refractivity contribution is 7.89. The summed E-state index contributed by atoms with van der Waals surface area (Å²) in [6.07, 6.45) is 3.57. The predicted octanol–water partition coefficient (Wildman–Crippen LogP) is 4.11. The van der Waals surface area contributed by atoms with Crippen molar-refractivity contribution in [2.24, 2.45) is 0 Å². The molecule has 2 aliphatic rings. The van der Waals surface area contributed by atoms with Crippen LogP contribution in [0.1, 0.15) is 42.4 Å². The summed E-state index contributed by atoms with van der Waals surface area (Å²) in [7, 11) is -1.87. The number of aryl methyl sites for hydroxylation is 2. The molecule has 2 heterocycles. The molecule has 0 saturated heterocycles. The number of aromatic amines is 1. The first-order chi connectivity index (χ1) is 16.3. The van der Waals surface area contributed by atoms with Gasteiger partial charge in [0, 0.05) is 31.3 Å². The molecule has 180 valence electrons. The molecule has 34 heavy (non-hydrogen) atoms. The van der Waals surface area contributed by atoms with E-state index in [0.717, 1.165) is 59.9 Å². The molecule has 1 fully saturated rings. The molecule has 2 aromatic carbocycles. The van der Waals surface area contributed by atoms with E-state index in [0.29, 0.717) is 17.9 Å². The lowest BCUT2D eigenvalue weighted by atomic mass is 10.0. The molecular weight excluding hydrogens is 450 g/mol. The summed E-state index contributed by atoms with van der Waals surface area (Å²) in [5.41, 5.74) is 4.04. The van der Waals surface area contributed by atoms with Crippen LogP contribution >= 0.6 is 0 Å². The van der Waals surface area contributed by atoms with Crippen LogP contribution < -0.4 is 15.2 Å². The number of hydrogen-bond donors (Lipinski definition) is 1. The number of fused-ring (bicyclic) bond motifs is 2. The third-order valence-electron chi connectivity index (χ3n) is 7.32. The van der Waals surface area contributed by atoms with Gasteiger partial charge in [-0.15, -0.1) is 0 Å². The molecule has 0 unspecified atom stereocenters. The molecule has 1 aliphatic heterocycles. The largest absolute Gasteiger partial charge is 0.490 e. The van der Waals surface area contributed by atoms with Crippen molar-refractivity contribution in [3.05, 3.63) is 63.4 Å². The van der Waals surface area contributed by atoms with Crippen LogP contribution in [0.5, 0.6) is 5.75 Å². The van der Waals surface area contributed by atoms with Crippen molar-refractivity contribution in [3.8, 4) is 5.75 Å². The van der Waals surface area contributed by atoms with Gasteiger partial charge >= 0.3 is 0 Å². The third kappa shape index (κ3) is 3.99. The molecule has 1 aliphatic carbocycles. The number of sulfonamides is 1. The highest BCUT2D eigenvalue weighted by Crippen LogP contribution is 2.36. The zero-order valence-electron chi connectivity index (χ0n) is 19.9. The number of benzene rings is 2. The normalized spacial score (nSPS) is 16.8. The highest BCUT2D eigenvalue weighted by Gasteiger charge is 2.35. The van der Waals surface area contributed by atoms with E-state index in [9.17, 15) is 13.2 Å². The minimum atomic E-state index is -3.84. The predicted molar refractivity (Wildman–Crippen MR) is 134 cm³/mol. The molecule has 5 rings (SSSR count). The summed E-state index contributed by atoms with van der Waals surface area (Å²) in [4.78, 5) is 18.3. The Hall–Kier alpha value is -2.84. The van der Waals surface area contributed by atoms with Gasteiger partial charge in [0.05, 0.1) is 22.6 Å². The number of likely N-dealkylation sites (N-methyl/N-ethyl adjacent to an activating group) is 1. The van der Waals surface area contributed by atoms with Crippen LogP contribution in [-0.4, -0.2) is 43.9 Å². The van der Waals surface area contributed by atoms with E-state index in [1.807, 2.05) is 45.2 Å². The van der Waals surface area contributed by atoms with Crippen molar-refractivity contribution in [2.45, 2.75) is 57.0 Å². The summed E-state index contributed by atoms with van der Waals surface area (Å²) in [6, 6.07) is 10.8. The Bertz CT molecular complexity index is 1410. The second-order valence-corrected chi connectivity index (χ2v) is 11.4. The van der Waals surface area contributed by atoms with Gasteiger partial charge in [0.15, 0.2) is 0 Å². The molecule has 3 aromatic rings. The quantitative estimate of drug-likeness (QED) is 0.593. The van der Waals surface area contributed by atoms with E-state index in [-0.39, 0.29) is 23.0 Å². The third-order valence-corrected chi connectivity index (χ3v) is 9.21. The summed E-state index contributed by atoms with van der Waals surface area (Å²) in [5.74, 6) is 0.579. The first kappa shape index (κ1) is 22.9. The standard InChI is InChI=1S/C26H31N3O4S/c1-17-8-9-19-14-20(26(30)27-25(19)18(17)2)16-29(21-6-4-5-7-21)34(31,32)22-10-11-23-24(15-22)33-13-12-28(23)3/h8-11,14-15,21H,4-7,12-13,16H2,1-3H3,(H,27,30). The van der Waals surface area contributed by atoms with Crippen LogP contribution in [-0.2, 0) is 16.6 Å². The maximum absolute atomic E-state index is 13.9. The first-order valence-corrected chi connectivity index (χ1v) is 13.3. The van der Waals surface area contributed by atoms with Gasteiger partial charge in [0.1, 0.15) is 12.4 Å². The number of pyridine rings is 1. The smallest absolute Gasteiger partial charge is 0.252 e. The summed E-state index contributed by atoms with van der Waals surface area (Å²) in [6.45, 7) is 5.32. The zero-order valence-corrected chi connectivity index (χ0v) is 20.7. The monoisotopic (exact) mass is 481 g/mol. The molecule has 0 amide bonds. The maximum atomic E-state index is 13.9.